The lowest BCUT2D eigenvalue weighted by Gasteiger charge is -2.18. The standard InChI is InChI=1S/C18H20N2O6S/c1-20(2)27(22,23)15-6-3-13(4-7-15)19-18(21)12-26-14-5-8-16-17(11-14)25-10-9-24-16/h3-8,11H,9-10,12H2,1-2H3,(H,19,21). The Morgan fingerprint density at radius 2 is 1.74 bits per heavy atom. The van der Waals surface area contributed by atoms with E-state index in [9.17, 15) is 13.2 Å². The van der Waals surface area contributed by atoms with Crippen LogP contribution in [0, 0.1) is 0 Å². The van der Waals surface area contributed by atoms with Crippen molar-refractivity contribution in [2.24, 2.45) is 0 Å². The van der Waals surface area contributed by atoms with Crippen LogP contribution in [0.1, 0.15) is 0 Å². The van der Waals surface area contributed by atoms with E-state index in [2.05, 4.69) is 5.32 Å². The minimum absolute atomic E-state index is 0.151. The minimum Gasteiger partial charge on any atom is -0.486 e. The highest BCUT2D eigenvalue weighted by atomic mass is 32.2. The van der Waals surface area contributed by atoms with Crippen molar-refractivity contribution >= 4 is 21.6 Å². The summed E-state index contributed by atoms with van der Waals surface area (Å²) in [5, 5.41) is 2.65. The van der Waals surface area contributed by atoms with Gasteiger partial charge in [0, 0.05) is 25.8 Å². The molecule has 0 fully saturated rings. The molecule has 3 rings (SSSR count). The largest absolute Gasteiger partial charge is 0.486 e. The van der Waals surface area contributed by atoms with Crippen LogP contribution in [0.2, 0.25) is 0 Å². The van der Waals surface area contributed by atoms with Gasteiger partial charge in [0.05, 0.1) is 4.90 Å². The molecule has 27 heavy (non-hydrogen) atoms. The Morgan fingerprint density at radius 3 is 2.41 bits per heavy atom. The molecule has 8 nitrogen and oxygen atoms in total. The number of amides is 1. The number of anilines is 1. The van der Waals surface area contributed by atoms with Crippen LogP contribution in [0.5, 0.6) is 17.2 Å². The normalized spacial score (nSPS) is 13.3. The summed E-state index contributed by atoms with van der Waals surface area (Å²) in [6, 6.07) is 11.0. The number of fused-ring (bicyclic) bond motifs is 1. The third kappa shape index (κ3) is 4.50. The zero-order chi connectivity index (χ0) is 19.4. The fourth-order valence-corrected chi connectivity index (χ4v) is 3.28. The second-order valence-corrected chi connectivity index (χ2v) is 8.11. The van der Waals surface area contributed by atoms with Crippen molar-refractivity contribution in [3.05, 3.63) is 42.5 Å². The molecule has 0 radical (unpaired) electrons. The van der Waals surface area contributed by atoms with Crippen LogP contribution in [-0.2, 0) is 14.8 Å². The lowest BCUT2D eigenvalue weighted by Crippen LogP contribution is -2.22. The van der Waals surface area contributed by atoms with Gasteiger partial charge in [0.25, 0.3) is 5.91 Å². The van der Waals surface area contributed by atoms with Gasteiger partial charge in [0.1, 0.15) is 19.0 Å². The molecule has 0 aromatic heterocycles. The van der Waals surface area contributed by atoms with Crippen LogP contribution < -0.4 is 19.5 Å². The van der Waals surface area contributed by atoms with Crippen molar-refractivity contribution in [2.45, 2.75) is 4.90 Å². The van der Waals surface area contributed by atoms with Gasteiger partial charge >= 0.3 is 0 Å². The Kier molecular flexibility index (Phi) is 5.52. The average molecular weight is 392 g/mol. The Balaban J connectivity index is 1.56. The van der Waals surface area contributed by atoms with Gasteiger partial charge in [0.15, 0.2) is 18.1 Å². The van der Waals surface area contributed by atoms with E-state index in [0.717, 1.165) is 4.31 Å². The first-order chi connectivity index (χ1) is 12.9. The van der Waals surface area contributed by atoms with Crippen LogP contribution in [0.4, 0.5) is 5.69 Å². The Labute approximate surface area is 157 Å². The number of ether oxygens (including phenoxy) is 3. The number of carbonyl (C=O) groups excluding carboxylic acids is 1. The number of benzene rings is 2. The van der Waals surface area contributed by atoms with Crippen molar-refractivity contribution < 1.29 is 27.4 Å². The predicted octanol–water partition coefficient (Wildman–Crippen LogP) is 1.73. The van der Waals surface area contributed by atoms with Gasteiger partial charge in [-0.1, -0.05) is 0 Å². The highest BCUT2D eigenvalue weighted by Crippen LogP contribution is 2.33. The first-order valence-electron chi connectivity index (χ1n) is 8.21. The number of carbonyl (C=O) groups is 1. The van der Waals surface area contributed by atoms with Gasteiger partial charge in [-0.3, -0.25) is 4.79 Å². The van der Waals surface area contributed by atoms with Gasteiger partial charge in [-0.05, 0) is 36.4 Å². The third-order valence-electron chi connectivity index (χ3n) is 3.80. The van der Waals surface area contributed by atoms with Crippen LogP contribution in [0.3, 0.4) is 0 Å². The third-order valence-corrected chi connectivity index (χ3v) is 5.63. The quantitative estimate of drug-likeness (QED) is 0.805. The fourth-order valence-electron chi connectivity index (χ4n) is 2.38. The van der Waals surface area contributed by atoms with Crippen molar-refractivity contribution in [1.82, 2.24) is 4.31 Å². The van der Waals surface area contributed by atoms with E-state index < -0.39 is 10.0 Å². The molecule has 1 N–H and O–H groups in total. The molecular weight excluding hydrogens is 372 g/mol. The van der Waals surface area contributed by atoms with E-state index in [1.807, 2.05) is 0 Å². The molecule has 2 aromatic rings. The van der Waals surface area contributed by atoms with Gasteiger partial charge in [-0.25, -0.2) is 12.7 Å². The van der Waals surface area contributed by atoms with E-state index in [1.54, 1.807) is 18.2 Å². The molecule has 0 saturated carbocycles. The molecule has 0 saturated heterocycles. The number of hydrogen-bond donors (Lipinski definition) is 1. The Hall–Kier alpha value is -2.78. The van der Waals surface area contributed by atoms with E-state index in [1.165, 1.54) is 38.4 Å². The van der Waals surface area contributed by atoms with Gasteiger partial charge in [-0.15, -0.1) is 0 Å². The number of nitrogens with zero attached hydrogens (tertiary/aromatic N) is 1. The van der Waals surface area contributed by atoms with Gasteiger partial charge in [-0.2, -0.15) is 0 Å². The summed E-state index contributed by atoms with van der Waals surface area (Å²) in [6.45, 7) is 0.776. The lowest BCUT2D eigenvalue weighted by molar-refractivity contribution is -0.118. The summed E-state index contributed by atoms with van der Waals surface area (Å²) in [7, 11) is -0.585. The molecule has 1 amide bonds. The molecule has 0 atom stereocenters. The van der Waals surface area contributed by atoms with E-state index in [4.69, 9.17) is 14.2 Å². The van der Waals surface area contributed by atoms with Crippen LogP contribution in [-0.4, -0.2) is 52.5 Å². The van der Waals surface area contributed by atoms with Crippen molar-refractivity contribution in [2.75, 3.05) is 39.2 Å². The maximum atomic E-state index is 12.0. The fraction of sp³-hybridized carbons (Fsp3) is 0.278. The molecule has 9 heteroatoms. The van der Waals surface area contributed by atoms with E-state index >= 15 is 0 Å². The first kappa shape index (κ1) is 19.0. The summed E-state index contributed by atoms with van der Waals surface area (Å²) in [6.07, 6.45) is 0. The van der Waals surface area contributed by atoms with E-state index in [-0.39, 0.29) is 17.4 Å². The summed E-state index contributed by atoms with van der Waals surface area (Å²) in [4.78, 5) is 12.2. The molecule has 1 heterocycles. The zero-order valence-corrected chi connectivity index (χ0v) is 15.8. The van der Waals surface area contributed by atoms with Crippen molar-refractivity contribution in [3.8, 4) is 17.2 Å². The molecule has 2 aromatic carbocycles. The molecule has 0 unspecified atom stereocenters. The zero-order valence-electron chi connectivity index (χ0n) is 15.0. The molecule has 0 spiro atoms. The SMILES string of the molecule is CN(C)S(=O)(=O)c1ccc(NC(=O)COc2ccc3c(c2)OCCO3)cc1. The van der Waals surface area contributed by atoms with Crippen LogP contribution in [0.15, 0.2) is 47.4 Å². The summed E-state index contributed by atoms with van der Waals surface area (Å²) in [5.74, 6) is 1.34. The highest BCUT2D eigenvalue weighted by molar-refractivity contribution is 7.89. The molecule has 0 aliphatic carbocycles. The lowest BCUT2D eigenvalue weighted by atomic mass is 10.3. The first-order valence-corrected chi connectivity index (χ1v) is 9.65. The molecule has 144 valence electrons. The molecule has 0 bridgehead atoms. The van der Waals surface area contributed by atoms with Gasteiger partial charge < -0.3 is 19.5 Å². The summed E-state index contributed by atoms with van der Waals surface area (Å²) < 4.78 is 41.5. The number of sulfonamides is 1. The topological polar surface area (TPSA) is 94.2 Å². The number of rotatable bonds is 6. The maximum absolute atomic E-state index is 12.0. The second-order valence-electron chi connectivity index (χ2n) is 5.95. The monoisotopic (exact) mass is 392 g/mol. The van der Waals surface area contributed by atoms with Gasteiger partial charge in [0.2, 0.25) is 10.0 Å². The summed E-state index contributed by atoms with van der Waals surface area (Å²) >= 11 is 0. The average Bonchev–Trinajstić information content (AvgIpc) is 2.66. The molecule has 1 aliphatic heterocycles. The van der Waals surface area contributed by atoms with Crippen LogP contribution >= 0.6 is 0 Å². The van der Waals surface area contributed by atoms with E-state index in [0.29, 0.717) is 36.1 Å². The van der Waals surface area contributed by atoms with Crippen molar-refractivity contribution in [1.29, 1.82) is 0 Å². The Bertz CT molecular complexity index is 925. The van der Waals surface area contributed by atoms with Crippen LogP contribution in [0.25, 0.3) is 0 Å². The number of hydrogen-bond acceptors (Lipinski definition) is 6. The minimum atomic E-state index is -3.50. The Morgan fingerprint density at radius 1 is 1.07 bits per heavy atom. The molecular formula is C18H20N2O6S. The second kappa shape index (κ2) is 7.85. The number of nitrogens with one attached hydrogen (secondary N) is 1. The van der Waals surface area contributed by atoms with Crippen molar-refractivity contribution in [3.63, 3.8) is 0 Å². The summed E-state index contributed by atoms with van der Waals surface area (Å²) in [5.41, 5.74) is 0.475. The predicted molar refractivity (Wildman–Crippen MR) is 98.9 cm³/mol. The molecule has 1 aliphatic rings. The smallest absolute Gasteiger partial charge is 0.262 e. The maximum Gasteiger partial charge on any atom is 0.262 e. The highest BCUT2D eigenvalue weighted by Gasteiger charge is 2.17.